The highest BCUT2D eigenvalue weighted by atomic mass is 16.6. The molecule has 0 saturated heterocycles. The third-order valence-electron chi connectivity index (χ3n) is 8.88. The number of non-ortho nitro benzene ring substituents is 2. The maximum absolute atomic E-state index is 13.4. The van der Waals surface area contributed by atoms with Crippen molar-refractivity contribution < 1.29 is 38.6 Å². The Bertz CT molecular complexity index is 2060. The number of benzene rings is 4. The van der Waals surface area contributed by atoms with Gasteiger partial charge in [0.2, 0.25) is 11.8 Å². The van der Waals surface area contributed by atoms with Gasteiger partial charge in [-0.05, 0) is 49.6 Å². The van der Waals surface area contributed by atoms with Crippen molar-refractivity contribution >= 4 is 68.4 Å². The average Bonchev–Trinajstić information content (AvgIpc) is 3.09. The van der Waals surface area contributed by atoms with Crippen molar-refractivity contribution in [3.63, 3.8) is 0 Å². The van der Waals surface area contributed by atoms with Gasteiger partial charge in [0.05, 0.1) is 21.0 Å². The summed E-state index contributed by atoms with van der Waals surface area (Å²) in [5, 5.41) is 29.5. The fourth-order valence-corrected chi connectivity index (χ4v) is 6.34. The number of hydrogen-bond donors (Lipinski definition) is 2. The van der Waals surface area contributed by atoms with Crippen LogP contribution in [0.2, 0.25) is 0 Å². The number of unbranched alkanes of at least 4 members (excludes halogenated alkanes) is 1. The summed E-state index contributed by atoms with van der Waals surface area (Å²) >= 11 is 0. The molecule has 2 N–H and O–H groups in total. The highest BCUT2D eigenvalue weighted by Crippen LogP contribution is 2.35. The van der Waals surface area contributed by atoms with Crippen molar-refractivity contribution in [2.24, 2.45) is 0 Å². The molecular weight excluding hydrogens is 652 g/mol. The number of rotatable bonds is 11. The molecule has 2 aliphatic rings. The quantitative estimate of drug-likeness (QED) is 0.102. The van der Waals surface area contributed by atoms with Crippen molar-refractivity contribution in [2.75, 3.05) is 13.1 Å². The van der Waals surface area contributed by atoms with Crippen LogP contribution in [0, 0.1) is 20.2 Å². The van der Waals surface area contributed by atoms with E-state index in [9.17, 15) is 49.0 Å². The Labute approximate surface area is 282 Å². The molecule has 2 atom stereocenters. The molecule has 2 heterocycles. The van der Waals surface area contributed by atoms with Crippen molar-refractivity contribution in [3.8, 4) is 0 Å². The summed E-state index contributed by atoms with van der Waals surface area (Å²) < 4.78 is 0. The summed E-state index contributed by atoms with van der Waals surface area (Å²) in [6, 6.07) is 11.4. The number of nitrogens with one attached hydrogen (secondary N) is 2. The first-order chi connectivity index (χ1) is 23.8. The predicted octanol–water partition coefficient (Wildman–Crippen LogP) is 3.49. The van der Waals surface area contributed by atoms with Crippen LogP contribution < -0.4 is 10.6 Å². The topological polar surface area (TPSA) is 219 Å². The van der Waals surface area contributed by atoms with Gasteiger partial charge in [0.25, 0.3) is 35.0 Å². The molecule has 0 saturated carbocycles. The normalized spacial score (nSPS) is 14.9. The maximum Gasteiger partial charge on any atom is 0.270 e. The molecule has 4 aromatic rings. The van der Waals surface area contributed by atoms with Gasteiger partial charge in [0.15, 0.2) is 0 Å². The molecular formula is C34H28N6O10. The molecule has 16 nitrogen and oxygen atoms in total. The van der Waals surface area contributed by atoms with Gasteiger partial charge in [-0.3, -0.25) is 58.8 Å². The Morgan fingerprint density at radius 2 is 0.980 bits per heavy atom. The molecule has 50 heavy (non-hydrogen) atoms. The van der Waals surface area contributed by atoms with Crippen LogP contribution in [0.3, 0.4) is 0 Å². The second-order valence-corrected chi connectivity index (χ2v) is 11.9. The van der Waals surface area contributed by atoms with Crippen LogP contribution >= 0.6 is 0 Å². The summed E-state index contributed by atoms with van der Waals surface area (Å²) in [6.07, 6.45) is 0.730. The van der Waals surface area contributed by atoms with Crippen LogP contribution in [-0.2, 0) is 9.59 Å². The molecule has 0 unspecified atom stereocenters. The van der Waals surface area contributed by atoms with Gasteiger partial charge in [0.1, 0.15) is 12.1 Å². The monoisotopic (exact) mass is 680 g/mol. The van der Waals surface area contributed by atoms with Crippen LogP contribution in [0.4, 0.5) is 11.4 Å². The minimum atomic E-state index is -1.24. The average molecular weight is 681 g/mol. The van der Waals surface area contributed by atoms with Gasteiger partial charge in [-0.1, -0.05) is 24.3 Å². The SMILES string of the molecule is C[C@@H](C(=O)NCCCCNC(=O)[C@H](C)N1C(=O)c2cccc3cc([N+](=O)[O-])cc(c23)C1=O)N1C(=O)c2cccc3cc([N+](=O)[O-])cc(c23)C1=O. The first-order valence-electron chi connectivity index (χ1n) is 15.5. The van der Waals surface area contributed by atoms with Gasteiger partial charge >= 0.3 is 0 Å². The van der Waals surface area contributed by atoms with Gasteiger partial charge in [-0.25, -0.2) is 0 Å². The Morgan fingerprint density at radius 1 is 0.620 bits per heavy atom. The Balaban J connectivity index is 1.03. The van der Waals surface area contributed by atoms with Gasteiger partial charge in [0, 0.05) is 59.3 Å². The van der Waals surface area contributed by atoms with Gasteiger partial charge < -0.3 is 10.6 Å². The van der Waals surface area contributed by atoms with E-state index in [4.69, 9.17) is 0 Å². The van der Waals surface area contributed by atoms with E-state index in [2.05, 4.69) is 10.6 Å². The van der Waals surface area contributed by atoms with Crippen LogP contribution in [0.25, 0.3) is 21.5 Å². The highest BCUT2D eigenvalue weighted by molar-refractivity contribution is 6.28. The number of carbonyl (C=O) groups is 6. The fraction of sp³-hybridized carbons (Fsp3) is 0.235. The Morgan fingerprint density at radius 3 is 1.34 bits per heavy atom. The second-order valence-electron chi connectivity index (χ2n) is 11.9. The van der Waals surface area contributed by atoms with Crippen molar-refractivity contribution in [3.05, 3.63) is 103 Å². The molecule has 16 heteroatoms. The Kier molecular flexibility index (Phi) is 8.53. The number of hydrogen-bond acceptors (Lipinski definition) is 10. The fourth-order valence-electron chi connectivity index (χ4n) is 6.34. The summed E-state index contributed by atoms with van der Waals surface area (Å²) in [5.41, 5.74) is -0.461. The first kappa shape index (κ1) is 33.3. The third-order valence-corrected chi connectivity index (χ3v) is 8.88. The lowest BCUT2D eigenvalue weighted by Crippen LogP contribution is -2.52. The molecule has 0 radical (unpaired) electrons. The predicted molar refractivity (Wildman–Crippen MR) is 176 cm³/mol. The van der Waals surface area contributed by atoms with E-state index in [0.29, 0.717) is 23.6 Å². The molecule has 2 aliphatic heterocycles. The molecule has 6 rings (SSSR count). The number of nitro benzene ring substituents is 2. The lowest BCUT2D eigenvalue weighted by Gasteiger charge is -2.31. The maximum atomic E-state index is 13.4. The van der Waals surface area contributed by atoms with Crippen molar-refractivity contribution in [1.29, 1.82) is 0 Å². The summed E-state index contributed by atoms with van der Waals surface area (Å²) in [7, 11) is 0. The van der Waals surface area contributed by atoms with E-state index in [-0.39, 0.29) is 57.5 Å². The zero-order valence-electron chi connectivity index (χ0n) is 26.6. The number of carbonyl (C=O) groups excluding carboxylic acids is 6. The van der Waals surface area contributed by atoms with E-state index in [1.54, 1.807) is 12.1 Å². The molecule has 0 fully saturated rings. The Hall–Kier alpha value is -6.58. The lowest BCUT2D eigenvalue weighted by atomic mass is 9.92. The van der Waals surface area contributed by atoms with Crippen LogP contribution in [-0.4, -0.2) is 80.3 Å². The lowest BCUT2D eigenvalue weighted by molar-refractivity contribution is -0.384. The zero-order valence-corrected chi connectivity index (χ0v) is 26.6. The molecule has 254 valence electrons. The second kappa shape index (κ2) is 12.8. The van der Waals surface area contributed by atoms with Crippen molar-refractivity contribution in [2.45, 2.75) is 38.8 Å². The molecule has 0 spiro atoms. The van der Waals surface area contributed by atoms with Crippen molar-refractivity contribution in [1.82, 2.24) is 20.4 Å². The number of imide groups is 2. The highest BCUT2D eigenvalue weighted by Gasteiger charge is 2.41. The van der Waals surface area contributed by atoms with Crippen LogP contribution in [0.5, 0.6) is 0 Å². The number of nitrogens with zero attached hydrogens (tertiary/aromatic N) is 4. The molecule has 4 aromatic carbocycles. The van der Waals surface area contributed by atoms with Crippen LogP contribution in [0.15, 0.2) is 60.7 Å². The number of nitro groups is 2. The van der Waals surface area contributed by atoms with E-state index >= 15 is 0 Å². The van der Waals surface area contributed by atoms with Gasteiger partial charge in [-0.2, -0.15) is 0 Å². The summed E-state index contributed by atoms with van der Waals surface area (Å²) in [6.45, 7) is 2.97. The number of amides is 6. The van der Waals surface area contributed by atoms with Gasteiger partial charge in [-0.15, -0.1) is 0 Å². The smallest absolute Gasteiger partial charge is 0.270 e. The standard InChI is InChI=1S/C34H28N6O10/c1-17(37-31(43)23-9-5-7-19-13-21(39(47)48)15-25(27(19)23)33(37)45)29(41)35-11-3-4-12-36-30(42)18(2)38-32(44)24-10-6-8-20-14-22(40(49)50)16-26(28(20)24)34(38)46/h5-10,13-18H,3-4,11-12H2,1-2H3,(H,35,41)(H,36,42)/t17-,18-/m0/s1. The largest absolute Gasteiger partial charge is 0.354 e. The summed E-state index contributed by atoms with van der Waals surface area (Å²) in [5.74, 6) is -4.33. The first-order valence-corrected chi connectivity index (χ1v) is 15.5. The van der Waals surface area contributed by atoms with E-state index in [0.717, 1.165) is 21.9 Å². The minimum absolute atomic E-state index is 0.0513. The van der Waals surface area contributed by atoms with E-state index < -0.39 is 57.4 Å². The molecule has 0 aliphatic carbocycles. The molecule has 6 amide bonds. The minimum Gasteiger partial charge on any atom is -0.354 e. The summed E-state index contributed by atoms with van der Waals surface area (Å²) in [4.78, 5) is 102. The van der Waals surface area contributed by atoms with E-state index in [1.807, 2.05) is 0 Å². The zero-order chi connectivity index (χ0) is 36.0. The third kappa shape index (κ3) is 5.55. The molecule has 0 bridgehead atoms. The molecule has 0 aromatic heterocycles. The van der Waals surface area contributed by atoms with E-state index in [1.165, 1.54) is 50.2 Å². The van der Waals surface area contributed by atoms with Crippen LogP contribution in [0.1, 0.15) is 68.1 Å².